The molecule has 114 valence electrons. The molecule has 0 aliphatic carbocycles. The summed E-state index contributed by atoms with van der Waals surface area (Å²) in [5, 5.41) is 6.49. The van der Waals surface area contributed by atoms with Gasteiger partial charge in [-0.1, -0.05) is 54.1 Å². The average molecular weight is 294 g/mol. The van der Waals surface area contributed by atoms with Crippen LogP contribution in [-0.2, 0) is 5.54 Å². The molecular weight excluding hydrogens is 272 g/mol. The molecule has 22 heavy (non-hydrogen) atoms. The number of hydrogen-bond donors (Lipinski definition) is 2. The molecule has 2 aromatic carbocycles. The fourth-order valence-corrected chi connectivity index (χ4v) is 3.23. The molecule has 0 unspecified atom stereocenters. The average Bonchev–Trinajstić information content (AvgIpc) is 2.82. The van der Waals surface area contributed by atoms with Crippen LogP contribution in [0.5, 0.6) is 0 Å². The predicted octanol–water partition coefficient (Wildman–Crippen LogP) is 3.00. The van der Waals surface area contributed by atoms with Crippen LogP contribution in [0.2, 0.25) is 0 Å². The van der Waals surface area contributed by atoms with Crippen LogP contribution in [0.4, 0.5) is 0 Å². The van der Waals surface area contributed by atoms with Crippen molar-refractivity contribution in [2.24, 2.45) is 0 Å². The molecule has 4 rings (SSSR count). The van der Waals surface area contributed by atoms with Crippen LogP contribution in [0, 0.1) is 6.92 Å². The molecule has 1 amide bonds. The molecule has 3 heteroatoms. The second-order valence-corrected chi connectivity index (χ2v) is 5.99. The lowest BCUT2D eigenvalue weighted by atomic mass is 9.82. The lowest BCUT2D eigenvalue weighted by molar-refractivity contribution is 0.0913. The van der Waals surface area contributed by atoms with Crippen LogP contribution in [0.3, 0.4) is 0 Å². The third-order valence-corrected chi connectivity index (χ3v) is 4.44. The van der Waals surface area contributed by atoms with Crippen LogP contribution in [0.1, 0.15) is 34.3 Å². The van der Waals surface area contributed by atoms with Crippen LogP contribution in [0.25, 0.3) is 0 Å². The molecule has 2 N–H and O–H groups in total. The van der Waals surface area contributed by atoms with Gasteiger partial charge in [0.1, 0.15) is 0 Å². The van der Waals surface area contributed by atoms with E-state index in [1.807, 2.05) is 36.4 Å². The van der Waals surface area contributed by atoms with E-state index in [-0.39, 0.29) is 11.4 Å². The number of piperidine rings is 1. The maximum Gasteiger partial charge on any atom is 0.252 e. The number of fused-ring (bicyclic) bond motifs is 2. The quantitative estimate of drug-likeness (QED) is 0.784. The molecule has 2 heterocycles. The molecule has 1 fully saturated rings. The van der Waals surface area contributed by atoms with Crippen LogP contribution in [0.15, 0.2) is 54.6 Å². The van der Waals surface area contributed by atoms with Crippen molar-refractivity contribution in [3.63, 3.8) is 0 Å². The summed E-state index contributed by atoms with van der Waals surface area (Å²) in [4.78, 5) is 11.8. The highest BCUT2D eigenvalue weighted by molar-refractivity contribution is 6.00. The Labute approximate surface area is 131 Å². The largest absolute Gasteiger partial charge is 0.342 e. The van der Waals surface area contributed by atoms with Crippen LogP contribution in [-0.4, -0.2) is 19.0 Å². The Hall–Kier alpha value is -2.13. The Balaban J connectivity index is 0.000000174. The summed E-state index contributed by atoms with van der Waals surface area (Å²) in [6, 6.07) is 18.2. The molecule has 0 saturated carbocycles. The van der Waals surface area contributed by atoms with E-state index < -0.39 is 0 Å². The first-order chi connectivity index (χ1) is 10.7. The third kappa shape index (κ3) is 2.90. The lowest BCUT2D eigenvalue weighted by Gasteiger charge is -2.34. The normalized spacial score (nSPS) is 18.1. The van der Waals surface area contributed by atoms with E-state index in [0.29, 0.717) is 0 Å². The fraction of sp³-hybridized carbons (Fsp3) is 0.316. The van der Waals surface area contributed by atoms with Gasteiger partial charge in [-0.05, 0) is 44.5 Å². The Morgan fingerprint density at radius 3 is 2.18 bits per heavy atom. The van der Waals surface area contributed by atoms with E-state index in [4.69, 9.17) is 0 Å². The van der Waals surface area contributed by atoms with E-state index in [0.717, 1.165) is 31.5 Å². The van der Waals surface area contributed by atoms with Crippen LogP contribution >= 0.6 is 0 Å². The monoisotopic (exact) mass is 294 g/mol. The number of amides is 1. The highest BCUT2D eigenvalue weighted by Crippen LogP contribution is 2.37. The molecule has 0 bridgehead atoms. The van der Waals surface area contributed by atoms with Crippen LogP contribution < -0.4 is 10.6 Å². The highest BCUT2D eigenvalue weighted by Gasteiger charge is 2.42. The van der Waals surface area contributed by atoms with Gasteiger partial charge in [0, 0.05) is 5.56 Å². The van der Waals surface area contributed by atoms with E-state index >= 15 is 0 Å². The zero-order valence-electron chi connectivity index (χ0n) is 12.9. The predicted molar refractivity (Wildman–Crippen MR) is 88.9 cm³/mol. The second-order valence-electron chi connectivity index (χ2n) is 5.99. The van der Waals surface area contributed by atoms with Gasteiger partial charge < -0.3 is 10.6 Å². The molecule has 2 aliphatic heterocycles. The zero-order valence-corrected chi connectivity index (χ0v) is 12.9. The summed E-state index contributed by atoms with van der Waals surface area (Å²) in [6.45, 7) is 4.04. The van der Waals surface area contributed by atoms with E-state index in [1.54, 1.807) is 0 Å². The first kappa shape index (κ1) is 14.8. The molecule has 0 aromatic heterocycles. The molecule has 2 aromatic rings. The maximum atomic E-state index is 11.8. The molecule has 1 spiro atoms. The van der Waals surface area contributed by atoms with Crippen molar-refractivity contribution in [3.05, 3.63) is 71.3 Å². The number of hydrogen-bond acceptors (Lipinski definition) is 2. The van der Waals surface area contributed by atoms with Crippen molar-refractivity contribution < 1.29 is 4.79 Å². The Bertz CT molecular complexity index is 645. The third-order valence-electron chi connectivity index (χ3n) is 4.44. The zero-order chi connectivity index (χ0) is 15.4. The Morgan fingerprint density at radius 1 is 0.909 bits per heavy atom. The number of nitrogens with one attached hydrogen (secondary N) is 2. The smallest absolute Gasteiger partial charge is 0.252 e. The fourth-order valence-electron chi connectivity index (χ4n) is 3.23. The van der Waals surface area contributed by atoms with Crippen molar-refractivity contribution in [1.29, 1.82) is 0 Å². The minimum atomic E-state index is -0.0844. The number of rotatable bonds is 0. The second kappa shape index (κ2) is 6.32. The van der Waals surface area contributed by atoms with Gasteiger partial charge in [-0.3, -0.25) is 4.79 Å². The summed E-state index contributed by atoms with van der Waals surface area (Å²) in [7, 11) is 0. The minimum Gasteiger partial charge on any atom is -0.342 e. The van der Waals surface area contributed by atoms with Gasteiger partial charge in [0.05, 0.1) is 5.54 Å². The maximum absolute atomic E-state index is 11.8. The number of benzene rings is 2. The number of carbonyl (C=O) groups excluding carboxylic acids is 1. The summed E-state index contributed by atoms with van der Waals surface area (Å²) >= 11 is 0. The van der Waals surface area contributed by atoms with E-state index in [2.05, 4.69) is 35.8 Å². The standard InChI is InChI=1S/C12H14N2O.C7H8/c15-11-9-3-1-2-4-10(9)12(14-11)5-7-13-8-6-12;1-7-5-3-2-4-6-7/h1-4,13H,5-8H2,(H,14,15);2-6H,1H3. The Kier molecular flexibility index (Phi) is 4.25. The minimum absolute atomic E-state index is 0.0844. The van der Waals surface area contributed by atoms with Crippen molar-refractivity contribution in [3.8, 4) is 0 Å². The molecule has 2 aliphatic rings. The molecule has 0 atom stereocenters. The van der Waals surface area contributed by atoms with Gasteiger partial charge in [0.15, 0.2) is 0 Å². The SMILES string of the molecule is Cc1ccccc1.O=C1NC2(CCNCC2)c2ccccc21. The highest BCUT2D eigenvalue weighted by atomic mass is 16.2. The van der Waals surface area contributed by atoms with Crippen molar-refractivity contribution in [2.75, 3.05) is 13.1 Å². The Morgan fingerprint density at radius 2 is 1.55 bits per heavy atom. The first-order valence-electron chi connectivity index (χ1n) is 7.86. The van der Waals surface area contributed by atoms with Gasteiger partial charge in [-0.15, -0.1) is 0 Å². The van der Waals surface area contributed by atoms with Crippen molar-refractivity contribution >= 4 is 5.91 Å². The summed E-state index contributed by atoms with van der Waals surface area (Å²) < 4.78 is 0. The topological polar surface area (TPSA) is 41.1 Å². The van der Waals surface area contributed by atoms with Gasteiger partial charge >= 0.3 is 0 Å². The molecule has 3 nitrogen and oxygen atoms in total. The molecule has 1 saturated heterocycles. The summed E-state index contributed by atoms with van der Waals surface area (Å²) in [5.74, 6) is 0.0903. The van der Waals surface area contributed by atoms with Gasteiger partial charge in [0.25, 0.3) is 5.91 Å². The summed E-state index contributed by atoms with van der Waals surface area (Å²) in [6.07, 6.45) is 1.99. The van der Waals surface area contributed by atoms with Gasteiger partial charge in [0.2, 0.25) is 0 Å². The first-order valence-corrected chi connectivity index (χ1v) is 7.86. The number of carbonyl (C=O) groups is 1. The summed E-state index contributed by atoms with van der Waals surface area (Å²) in [5.41, 5.74) is 3.29. The van der Waals surface area contributed by atoms with E-state index in [1.165, 1.54) is 11.1 Å². The molecular formula is C19H22N2O. The van der Waals surface area contributed by atoms with Gasteiger partial charge in [-0.2, -0.15) is 0 Å². The number of aryl methyl sites for hydroxylation is 1. The van der Waals surface area contributed by atoms with Gasteiger partial charge in [-0.25, -0.2) is 0 Å². The molecule has 0 radical (unpaired) electrons. The van der Waals surface area contributed by atoms with Crippen molar-refractivity contribution in [1.82, 2.24) is 10.6 Å². The van der Waals surface area contributed by atoms with E-state index in [9.17, 15) is 4.79 Å². The lowest BCUT2D eigenvalue weighted by Crippen LogP contribution is -2.47. The van der Waals surface area contributed by atoms with Crippen molar-refractivity contribution in [2.45, 2.75) is 25.3 Å².